The Kier molecular flexibility index (Phi) is 5.54. The fraction of sp³-hybridized carbons (Fsp3) is 0.615. The molecule has 0 fully saturated rings. The smallest absolute Gasteiger partial charge is 0.236 e. The van der Waals surface area contributed by atoms with Crippen LogP contribution < -0.4 is 16.0 Å². The highest BCUT2D eigenvalue weighted by atomic mass is 16.1. The van der Waals surface area contributed by atoms with Crippen LogP contribution in [0.1, 0.15) is 31.7 Å². The minimum Gasteiger partial charge on any atom is -0.370 e. The first-order valence-corrected chi connectivity index (χ1v) is 6.60. The summed E-state index contributed by atoms with van der Waals surface area (Å²) in [4.78, 5) is 21.8. The Bertz CT molecular complexity index is 447. The molecule has 0 saturated heterocycles. The van der Waals surface area contributed by atoms with Gasteiger partial charge in [0.25, 0.3) is 0 Å². The Hall–Kier alpha value is -1.85. The van der Waals surface area contributed by atoms with Gasteiger partial charge in [-0.2, -0.15) is 0 Å². The Labute approximate surface area is 114 Å². The molecule has 1 aromatic rings. The van der Waals surface area contributed by atoms with Gasteiger partial charge in [0.1, 0.15) is 17.5 Å². The van der Waals surface area contributed by atoms with Crippen molar-refractivity contribution in [3.63, 3.8) is 0 Å². The molecule has 3 N–H and O–H groups in total. The van der Waals surface area contributed by atoms with Gasteiger partial charge in [-0.15, -0.1) is 0 Å². The van der Waals surface area contributed by atoms with Crippen LogP contribution in [0.3, 0.4) is 0 Å². The van der Waals surface area contributed by atoms with Crippen molar-refractivity contribution in [3.8, 4) is 0 Å². The zero-order chi connectivity index (χ0) is 14.4. The summed E-state index contributed by atoms with van der Waals surface area (Å²) in [6.45, 7) is 6.99. The fourth-order valence-corrected chi connectivity index (χ4v) is 1.91. The van der Waals surface area contributed by atoms with Crippen LogP contribution in [-0.2, 0) is 11.2 Å². The van der Waals surface area contributed by atoms with E-state index in [-0.39, 0.29) is 12.5 Å². The first-order chi connectivity index (χ1) is 8.99. The summed E-state index contributed by atoms with van der Waals surface area (Å²) in [7, 11) is 1.81. The summed E-state index contributed by atoms with van der Waals surface area (Å²) in [6.07, 6.45) is 1.80. The SMILES string of the molecule is CCCc1nc(NCC)c(C)c(N(C)CC(N)=O)n1. The molecule has 0 atom stereocenters. The van der Waals surface area contributed by atoms with E-state index in [0.717, 1.165) is 42.4 Å². The summed E-state index contributed by atoms with van der Waals surface area (Å²) < 4.78 is 0. The van der Waals surface area contributed by atoms with Crippen molar-refractivity contribution in [2.45, 2.75) is 33.6 Å². The number of likely N-dealkylation sites (N-methyl/N-ethyl adjacent to an activating group) is 1. The molecule has 1 rings (SSSR count). The lowest BCUT2D eigenvalue weighted by molar-refractivity contribution is -0.116. The average Bonchev–Trinajstić information content (AvgIpc) is 2.32. The van der Waals surface area contributed by atoms with E-state index in [0.29, 0.717) is 0 Å². The summed E-state index contributed by atoms with van der Waals surface area (Å²) in [6, 6.07) is 0. The molecule has 1 heterocycles. The molecular weight excluding hydrogens is 242 g/mol. The van der Waals surface area contributed by atoms with Crippen molar-refractivity contribution in [1.29, 1.82) is 0 Å². The maximum Gasteiger partial charge on any atom is 0.236 e. The second kappa shape index (κ2) is 6.92. The van der Waals surface area contributed by atoms with E-state index >= 15 is 0 Å². The maximum absolute atomic E-state index is 11.0. The van der Waals surface area contributed by atoms with Gasteiger partial charge in [0.15, 0.2) is 0 Å². The molecule has 6 heteroatoms. The van der Waals surface area contributed by atoms with Crippen molar-refractivity contribution in [1.82, 2.24) is 9.97 Å². The highest BCUT2D eigenvalue weighted by Crippen LogP contribution is 2.23. The lowest BCUT2D eigenvalue weighted by Crippen LogP contribution is -2.32. The topological polar surface area (TPSA) is 84.1 Å². The van der Waals surface area contributed by atoms with Crippen molar-refractivity contribution < 1.29 is 4.79 Å². The van der Waals surface area contributed by atoms with Gasteiger partial charge in [-0.3, -0.25) is 4.79 Å². The molecule has 1 aromatic heterocycles. The number of amides is 1. The van der Waals surface area contributed by atoms with Gasteiger partial charge >= 0.3 is 0 Å². The number of carbonyl (C=O) groups excluding carboxylic acids is 1. The third-order valence-electron chi connectivity index (χ3n) is 2.74. The molecule has 19 heavy (non-hydrogen) atoms. The van der Waals surface area contributed by atoms with Crippen molar-refractivity contribution >= 4 is 17.5 Å². The molecule has 0 aliphatic carbocycles. The largest absolute Gasteiger partial charge is 0.370 e. The molecular formula is C13H23N5O. The minimum absolute atomic E-state index is 0.148. The summed E-state index contributed by atoms with van der Waals surface area (Å²) >= 11 is 0. The first kappa shape index (κ1) is 15.2. The Morgan fingerprint density at radius 2 is 2.05 bits per heavy atom. The van der Waals surface area contributed by atoms with Gasteiger partial charge in [0.05, 0.1) is 6.54 Å². The molecule has 0 radical (unpaired) electrons. The average molecular weight is 265 g/mol. The lowest BCUT2D eigenvalue weighted by atomic mass is 10.2. The second-order valence-corrected chi connectivity index (χ2v) is 4.54. The number of primary amides is 1. The fourth-order valence-electron chi connectivity index (χ4n) is 1.91. The van der Waals surface area contributed by atoms with Crippen molar-refractivity contribution in [2.24, 2.45) is 5.73 Å². The van der Waals surface area contributed by atoms with Crippen LogP contribution in [0.2, 0.25) is 0 Å². The van der Waals surface area contributed by atoms with Gasteiger partial charge < -0.3 is 16.0 Å². The first-order valence-electron chi connectivity index (χ1n) is 6.60. The molecule has 0 unspecified atom stereocenters. The van der Waals surface area contributed by atoms with E-state index in [1.54, 1.807) is 4.90 Å². The quantitative estimate of drug-likeness (QED) is 0.771. The van der Waals surface area contributed by atoms with Crippen LogP contribution in [0.5, 0.6) is 0 Å². The summed E-state index contributed by atoms with van der Waals surface area (Å²) in [5, 5.41) is 3.23. The van der Waals surface area contributed by atoms with E-state index in [4.69, 9.17) is 5.73 Å². The Morgan fingerprint density at radius 1 is 1.37 bits per heavy atom. The van der Waals surface area contributed by atoms with E-state index < -0.39 is 0 Å². The molecule has 0 aliphatic heterocycles. The molecule has 1 amide bonds. The number of anilines is 2. The zero-order valence-electron chi connectivity index (χ0n) is 12.2. The van der Waals surface area contributed by atoms with Gasteiger partial charge in [0, 0.05) is 25.6 Å². The number of hydrogen-bond acceptors (Lipinski definition) is 5. The molecule has 0 saturated carbocycles. The highest BCUT2D eigenvalue weighted by Gasteiger charge is 2.14. The van der Waals surface area contributed by atoms with E-state index in [1.165, 1.54) is 0 Å². The van der Waals surface area contributed by atoms with Crippen LogP contribution in [0.15, 0.2) is 0 Å². The summed E-state index contributed by atoms with van der Waals surface area (Å²) in [5.41, 5.74) is 6.17. The van der Waals surface area contributed by atoms with E-state index in [9.17, 15) is 4.79 Å². The van der Waals surface area contributed by atoms with Crippen molar-refractivity contribution in [3.05, 3.63) is 11.4 Å². The number of aryl methyl sites for hydroxylation is 1. The number of aromatic nitrogens is 2. The second-order valence-electron chi connectivity index (χ2n) is 4.54. The number of carbonyl (C=O) groups is 1. The van der Waals surface area contributed by atoms with Gasteiger partial charge in [-0.1, -0.05) is 6.92 Å². The van der Waals surface area contributed by atoms with Gasteiger partial charge in [-0.05, 0) is 20.3 Å². The van der Waals surface area contributed by atoms with Crippen molar-refractivity contribution in [2.75, 3.05) is 30.4 Å². The number of nitrogens with zero attached hydrogens (tertiary/aromatic N) is 3. The minimum atomic E-state index is -0.373. The van der Waals surface area contributed by atoms with E-state index in [1.807, 2.05) is 20.9 Å². The standard InChI is InChI=1S/C13H23N5O/c1-5-7-11-16-12(15-6-2)9(3)13(17-11)18(4)8-10(14)19/h5-8H2,1-4H3,(H2,14,19)(H,15,16,17). The maximum atomic E-state index is 11.0. The van der Waals surface area contributed by atoms with Gasteiger partial charge in [-0.25, -0.2) is 9.97 Å². The normalized spacial score (nSPS) is 10.3. The van der Waals surface area contributed by atoms with Crippen LogP contribution in [0, 0.1) is 6.92 Å². The predicted octanol–water partition coefficient (Wildman–Crippen LogP) is 1.09. The highest BCUT2D eigenvalue weighted by molar-refractivity contribution is 5.79. The Morgan fingerprint density at radius 3 is 2.58 bits per heavy atom. The molecule has 0 spiro atoms. The number of hydrogen-bond donors (Lipinski definition) is 2. The molecule has 0 bridgehead atoms. The number of nitrogens with one attached hydrogen (secondary N) is 1. The summed E-state index contributed by atoms with van der Waals surface area (Å²) in [5.74, 6) is 2.00. The van der Waals surface area contributed by atoms with Gasteiger partial charge in [0.2, 0.25) is 5.91 Å². The lowest BCUT2D eigenvalue weighted by Gasteiger charge is -2.21. The van der Waals surface area contributed by atoms with Crippen LogP contribution in [-0.4, -0.2) is 36.0 Å². The molecule has 0 aliphatic rings. The monoisotopic (exact) mass is 265 g/mol. The van der Waals surface area contributed by atoms with Crippen LogP contribution in [0.25, 0.3) is 0 Å². The Balaban J connectivity index is 3.15. The van der Waals surface area contributed by atoms with Crippen LogP contribution >= 0.6 is 0 Å². The predicted molar refractivity (Wildman–Crippen MR) is 77.4 cm³/mol. The molecule has 6 nitrogen and oxygen atoms in total. The van der Waals surface area contributed by atoms with Crippen LogP contribution in [0.4, 0.5) is 11.6 Å². The molecule has 0 aromatic carbocycles. The van der Waals surface area contributed by atoms with E-state index in [2.05, 4.69) is 22.2 Å². The zero-order valence-corrected chi connectivity index (χ0v) is 12.2. The third-order valence-corrected chi connectivity index (χ3v) is 2.74. The molecule has 106 valence electrons. The third kappa shape index (κ3) is 4.08. The number of rotatable bonds is 7. The number of nitrogens with two attached hydrogens (primary N) is 1.